The molecule has 0 radical (unpaired) electrons. The molecule has 0 aliphatic carbocycles. The minimum absolute atomic E-state index is 0.593. The van der Waals surface area contributed by atoms with Crippen LogP contribution in [0.4, 0.5) is 5.69 Å². The van der Waals surface area contributed by atoms with Crippen LogP contribution in [-0.2, 0) is 0 Å². The van der Waals surface area contributed by atoms with Gasteiger partial charge in [-0.05, 0) is 50.7 Å². The molecule has 1 aromatic heterocycles. The molecule has 2 rings (SSSR count). The van der Waals surface area contributed by atoms with E-state index in [-0.39, 0.29) is 0 Å². The number of aryl methyl sites for hydroxylation is 2. The minimum Gasteiger partial charge on any atom is -0.492 e. The second-order valence-corrected chi connectivity index (χ2v) is 4.88. The van der Waals surface area contributed by atoms with Crippen LogP contribution in [0.5, 0.6) is 5.75 Å². The Morgan fingerprint density at radius 3 is 2.78 bits per heavy atom. The van der Waals surface area contributed by atoms with E-state index < -0.39 is 0 Å². The van der Waals surface area contributed by atoms with Crippen molar-refractivity contribution in [3.05, 3.63) is 29.7 Å². The lowest BCUT2D eigenvalue weighted by Crippen LogP contribution is -1.96. The molecular formula is C13H16N2O2S. The van der Waals surface area contributed by atoms with Gasteiger partial charge in [0.15, 0.2) is 0 Å². The van der Waals surface area contributed by atoms with Crippen LogP contribution in [0.15, 0.2) is 32.7 Å². The second kappa shape index (κ2) is 5.35. The number of rotatable bonds is 4. The molecule has 1 heterocycles. The third kappa shape index (κ3) is 2.79. The van der Waals surface area contributed by atoms with Crippen molar-refractivity contribution in [3.8, 4) is 5.75 Å². The Kier molecular flexibility index (Phi) is 3.81. The molecule has 0 aliphatic heterocycles. The fourth-order valence-electron chi connectivity index (χ4n) is 1.45. The summed E-state index contributed by atoms with van der Waals surface area (Å²) in [5.41, 5.74) is 7.38. The number of benzene rings is 1. The standard InChI is InChI=1S/C13H16N2O2S/c1-4-16-12-7-10(5-6-11(12)14)18-13-15-8(2)9(3)17-13/h5-7H,4,14H2,1-3H3. The molecule has 96 valence electrons. The molecule has 2 aromatic rings. The number of ether oxygens (including phenoxy) is 1. The number of oxazole rings is 1. The lowest BCUT2D eigenvalue weighted by atomic mass is 10.3. The first kappa shape index (κ1) is 12.8. The van der Waals surface area contributed by atoms with Crippen molar-refractivity contribution >= 4 is 17.4 Å². The molecule has 0 unspecified atom stereocenters. The van der Waals surface area contributed by atoms with Crippen molar-refractivity contribution in [2.75, 3.05) is 12.3 Å². The largest absolute Gasteiger partial charge is 0.492 e. The van der Waals surface area contributed by atoms with E-state index in [1.165, 1.54) is 11.8 Å². The fourth-order valence-corrected chi connectivity index (χ4v) is 2.30. The quantitative estimate of drug-likeness (QED) is 0.857. The monoisotopic (exact) mass is 264 g/mol. The third-order valence-electron chi connectivity index (χ3n) is 2.50. The summed E-state index contributed by atoms with van der Waals surface area (Å²) in [6.45, 7) is 6.36. The van der Waals surface area contributed by atoms with E-state index in [2.05, 4.69) is 4.98 Å². The van der Waals surface area contributed by atoms with E-state index in [0.717, 1.165) is 16.3 Å². The van der Waals surface area contributed by atoms with E-state index in [1.54, 1.807) is 0 Å². The van der Waals surface area contributed by atoms with Gasteiger partial charge in [-0.1, -0.05) is 0 Å². The molecule has 0 amide bonds. The SMILES string of the molecule is CCOc1cc(Sc2nc(C)c(C)o2)ccc1N. The van der Waals surface area contributed by atoms with Gasteiger partial charge < -0.3 is 14.9 Å². The topological polar surface area (TPSA) is 61.3 Å². The molecule has 0 fully saturated rings. The average Bonchev–Trinajstić information content (AvgIpc) is 2.63. The number of nitrogens with two attached hydrogens (primary N) is 1. The van der Waals surface area contributed by atoms with Crippen LogP contribution in [0.3, 0.4) is 0 Å². The summed E-state index contributed by atoms with van der Waals surface area (Å²) in [7, 11) is 0. The van der Waals surface area contributed by atoms with Crippen LogP contribution in [-0.4, -0.2) is 11.6 Å². The van der Waals surface area contributed by atoms with Crippen molar-refractivity contribution in [1.29, 1.82) is 0 Å². The van der Waals surface area contributed by atoms with Crippen LogP contribution in [0.2, 0.25) is 0 Å². The molecule has 0 saturated heterocycles. The summed E-state index contributed by atoms with van der Waals surface area (Å²) in [4.78, 5) is 5.32. The molecule has 0 spiro atoms. The van der Waals surface area contributed by atoms with Gasteiger partial charge >= 0.3 is 0 Å². The number of nitrogen functional groups attached to an aromatic ring is 1. The Labute approximate surface area is 111 Å². The molecule has 5 heteroatoms. The summed E-state index contributed by atoms with van der Waals surface area (Å²) in [6.07, 6.45) is 0. The maximum absolute atomic E-state index is 5.82. The van der Waals surface area contributed by atoms with Gasteiger partial charge in [-0.2, -0.15) is 0 Å². The summed E-state index contributed by atoms with van der Waals surface area (Å²) < 4.78 is 11.0. The summed E-state index contributed by atoms with van der Waals surface area (Å²) in [5.74, 6) is 1.54. The van der Waals surface area contributed by atoms with Gasteiger partial charge in [0.2, 0.25) is 0 Å². The zero-order valence-electron chi connectivity index (χ0n) is 10.7. The predicted molar refractivity (Wildman–Crippen MR) is 72.1 cm³/mol. The Bertz CT molecular complexity index is 532. The van der Waals surface area contributed by atoms with Gasteiger partial charge in [0.1, 0.15) is 11.5 Å². The van der Waals surface area contributed by atoms with Gasteiger partial charge in [0.25, 0.3) is 5.22 Å². The van der Waals surface area contributed by atoms with Crippen molar-refractivity contribution in [1.82, 2.24) is 4.98 Å². The highest BCUT2D eigenvalue weighted by atomic mass is 32.2. The first-order chi connectivity index (χ1) is 8.60. The molecule has 4 nitrogen and oxygen atoms in total. The lowest BCUT2D eigenvalue weighted by molar-refractivity contribution is 0.341. The van der Waals surface area contributed by atoms with Crippen molar-refractivity contribution in [2.24, 2.45) is 0 Å². The number of anilines is 1. The van der Waals surface area contributed by atoms with Gasteiger partial charge in [0, 0.05) is 4.90 Å². The van der Waals surface area contributed by atoms with Gasteiger partial charge in [-0.3, -0.25) is 0 Å². The molecule has 0 atom stereocenters. The Morgan fingerprint density at radius 2 is 2.17 bits per heavy atom. The van der Waals surface area contributed by atoms with E-state index in [1.807, 2.05) is 39.0 Å². The molecule has 18 heavy (non-hydrogen) atoms. The summed E-state index contributed by atoms with van der Waals surface area (Å²) in [5, 5.41) is 0.636. The third-order valence-corrected chi connectivity index (χ3v) is 3.34. The van der Waals surface area contributed by atoms with Crippen molar-refractivity contribution < 1.29 is 9.15 Å². The number of nitrogens with zero attached hydrogens (tertiary/aromatic N) is 1. The lowest BCUT2D eigenvalue weighted by Gasteiger charge is -2.07. The van der Waals surface area contributed by atoms with Crippen molar-refractivity contribution in [2.45, 2.75) is 30.9 Å². The van der Waals surface area contributed by atoms with Crippen molar-refractivity contribution in [3.63, 3.8) is 0 Å². The van der Waals surface area contributed by atoms with Gasteiger partial charge in [0.05, 0.1) is 18.0 Å². The first-order valence-corrected chi connectivity index (χ1v) is 6.56. The van der Waals surface area contributed by atoms with Crippen LogP contribution in [0.1, 0.15) is 18.4 Å². The molecule has 2 N–H and O–H groups in total. The van der Waals surface area contributed by atoms with Crippen LogP contribution in [0.25, 0.3) is 0 Å². The van der Waals surface area contributed by atoms with E-state index in [4.69, 9.17) is 14.9 Å². The molecule has 0 saturated carbocycles. The maximum Gasteiger partial charge on any atom is 0.260 e. The Morgan fingerprint density at radius 1 is 1.39 bits per heavy atom. The normalized spacial score (nSPS) is 10.6. The second-order valence-electron chi connectivity index (χ2n) is 3.86. The number of aromatic nitrogens is 1. The maximum atomic E-state index is 5.82. The zero-order valence-corrected chi connectivity index (χ0v) is 11.5. The first-order valence-electron chi connectivity index (χ1n) is 5.74. The Hall–Kier alpha value is -1.62. The van der Waals surface area contributed by atoms with Gasteiger partial charge in [-0.25, -0.2) is 4.98 Å². The summed E-state index contributed by atoms with van der Waals surface area (Å²) in [6, 6.07) is 5.66. The predicted octanol–water partition coefficient (Wildman–Crippen LogP) is 3.42. The number of hydrogen-bond acceptors (Lipinski definition) is 5. The number of hydrogen-bond donors (Lipinski definition) is 1. The summed E-state index contributed by atoms with van der Waals surface area (Å²) >= 11 is 1.46. The zero-order chi connectivity index (χ0) is 13.1. The van der Waals surface area contributed by atoms with E-state index in [0.29, 0.717) is 23.3 Å². The fraction of sp³-hybridized carbons (Fsp3) is 0.308. The van der Waals surface area contributed by atoms with E-state index >= 15 is 0 Å². The molecule has 1 aromatic carbocycles. The molecule has 0 bridgehead atoms. The van der Waals surface area contributed by atoms with Crippen LogP contribution < -0.4 is 10.5 Å². The highest BCUT2D eigenvalue weighted by Crippen LogP contribution is 2.33. The molecule has 0 aliphatic rings. The van der Waals surface area contributed by atoms with E-state index in [9.17, 15) is 0 Å². The van der Waals surface area contributed by atoms with Gasteiger partial charge in [-0.15, -0.1) is 0 Å². The van der Waals surface area contributed by atoms with Crippen LogP contribution >= 0.6 is 11.8 Å². The van der Waals surface area contributed by atoms with Crippen LogP contribution in [0, 0.1) is 13.8 Å². The molecular weight excluding hydrogens is 248 g/mol. The highest BCUT2D eigenvalue weighted by Gasteiger charge is 2.09. The Balaban J connectivity index is 2.21. The smallest absolute Gasteiger partial charge is 0.260 e. The average molecular weight is 264 g/mol. The minimum atomic E-state index is 0.593. The highest BCUT2D eigenvalue weighted by molar-refractivity contribution is 7.99.